The molecular formula is C15H16ClN3S2. The third kappa shape index (κ3) is 4.52. The van der Waals surface area contributed by atoms with Gasteiger partial charge in [-0.1, -0.05) is 29.8 Å². The quantitative estimate of drug-likeness (QED) is 0.731. The molecule has 6 heteroatoms. The molecule has 0 spiro atoms. The van der Waals surface area contributed by atoms with Crippen molar-refractivity contribution in [1.29, 1.82) is 0 Å². The Balaban J connectivity index is 2.07. The fourth-order valence-electron chi connectivity index (χ4n) is 1.65. The molecule has 0 fully saturated rings. The molecule has 0 saturated heterocycles. The van der Waals surface area contributed by atoms with Gasteiger partial charge in [-0.25, -0.2) is 9.97 Å². The van der Waals surface area contributed by atoms with E-state index in [0.717, 1.165) is 26.4 Å². The van der Waals surface area contributed by atoms with E-state index in [-0.39, 0.29) is 0 Å². The third-order valence-electron chi connectivity index (χ3n) is 2.53. The van der Waals surface area contributed by atoms with Crippen molar-refractivity contribution in [3.05, 3.63) is 51.6 Å². The van der Waals surface area contributed by atoms with Gasteiger partial charge in [0.25, 0.3) is 0 Å². The average Bonchev–Trinajstić information content (AvgIpc) is 3.03. The number of anilines is 1. The number of nitrogens with one attached hydrogen (secondary N) is 1. The van der Waals surface area contributed by atoms with Crippen LogP contribution in [0.4, 0.5) is 5.13 Å². The number of hydrogen-bond donors (Lipinski definition) is 1. The van der Waals surface area contributed by atoms with Gasteiger partial charge in [-0.3, -0.25) is 0 Å². The molecule has 0 saturated carbocycles. The topological polar surface area (TPSA) is 37.8 Å². The van der Waals surface area contributed by atoms with Gasteiger partial charge in [0.1, 0.15) is 0 Å². The van der Waals surface area contributed by atoms with Crippen LogP contribution in [0.2, 0.25) is 0 Å². The standard InChI is InChI=1S/C15H16ClN3S2/c1-4-5-6-7-12(16)8-17-15-19-13(9-20-15)14-10(2)18-11(3)21-14/h4-9H,1-3H3,(H,17,19)/b5-4-,7-6-,12-8-. The maximum absolute atomic E-state index is 6.07. The lowest BCUT2D eigenvalue weighted by atomic mass is 10.3. The highest BCUT2D eigenvalue weighted by molar-refractivity contribution is 7.16. The Morgan fingerprint density at radius 1 is 1.29 bits per heavy atom. The van der Waals surface area contributed by atoms with E-state index in [1.165, 1.54) is 0 Å². The largest absolute Gasteiger partial charge is 0.337 e. The molecule has 110 valence electrons. The maximum atomic E-state index is 6.07. The molecular weight excluding hydrogens is 322 g/mol. The highest BCUT2D eigenvalue weighted by Crippen LogP contribution is 2.32. The minimum Gasteiger partial charge on any atom is -0.337 e. The molecule has 0 aliphatic carbocycles. The van der Waals surface area contributed by atoms with Gasteiger partial charge >= 0.3 is 0 Å². The van der Waals surface area contributed by atoms with Gasteiger partial charge in [-0.05, 0) is 26.8 Å². The Morgan fingerprint density at radius 2 is 2.10 bits per heavy atom. The second-order valence-electron chi connectivity index (χ2n) is 4.24. The summed E-state index contributed by atoms with van der Waals surface area (Å²) in [5.41, 5.74) is 1.98. The van der Waals surface area contributed by atoms with Crippen LogP contribution >= 0.6 is 34.3 Å². The number of hydrogen-bond acceptors (Lipinski definition) is 5. The Morgan fingerprint density at radius 3 is 2.76 bits per heavy atom. The summed E-state index contributed by atoms with van der Waals surface area (Å²) in [6.45, 7) is 5.97. The molecule has 2 aromatic heterocycles. The molecule has 0 aromatic carbocycles. The Bertz CT molecular complexity index is 696. The van der Waals surface area contributed by atoms with E-state index in [4.69, 9.17) is 11.6 Å². The van der Waals surface area contributed by atoms with Crippen molar-refractivity contribution >= 4 is 39.4 Å². The van der Waals surface area contributed by atoms with Gasteiger partial charge in [0.05, 0.1) is 26.3 Å². The summed E-state index contributed by atoms with van der Waals surface area (Å²) in [6.07, 6.45) is 9.30. The van der Waals surface area contributed by atoms with Crippen LogP contribution in [0.3, 0.4) is 0 Å². The van der Waals surface area contributed by atoms with Gasteiger partial charge in [0, 0.05) is 11.6 Å². The minimum absolute atomic E-state index is 0.620. The second-order valence-corrected chi connectivity index (χ2v) is 6.74. The van der Waals surface area contributed by atoms with Crippen LogP contribution in [-0.2, 0) is 0 Å². The molecule has 1 N–H and O–H groups in total. The lowest BCUT2D eigenvalue weighted by molar-refractivity contribution is 1.20. The predicted molar refractivity (Wildman–Crippen MR) is 94.2 cm³/mol. The number of rotatable bonds is 5. The van der Waals surface area contributed by atoms with Crippen molar-refractivity contribution in [2.24, 2.45) is 0 Å². The van der Waals surface area contributed by atoms with Gasteiger partial charge in [-0.15, -0.1) is 22.7 Å². The van der Waals surface area contributed by atoms with E-state index >= 15 is 0 Å². The number of aromatic nitrogens is 2. The molecule has 21 heavy (non-hydrogen) atoms. The monoisotopic (exact) mass is 337 g/mol. The van der Waals surface area contributed by atoms with Crippen molar-refractivity contribution in [1.82, 2.24) is 9.97 Å². The molecule has 0 radical (unpaired) electrons. The molecule has 0 aliphatic rings. The van der Waals surface area contributed by atoms with E-state index in [2.05, 4.69) is 15.3 Å². The van der Waals surface area contributed by atoms with Gasteiger partial charge in [-0.2, -0.15) is 0 Å². The van der Waals surface area contributed by atoms with Gasteiger partial charge < -0.3 is 5.32 Å². The van der Waals surface area contributed by atoms with Crippen LogP contribution in [-0.4, -0.2) is 9.97 Å². The highest BCUT2D eigenvalue weighted by Gasteiger charge is 2.10. The maximum Gasteiger partial charge on any atom is 0.187 e. The zero-order valence-corrected chi connectivity index (χ0v) is 14.4. The van der Waals surface area contributed by atoms with Crippen LogP contribution in [0.1, 0.15) is 17.6 Å². The van der Waals surface area contributed by atoms with E-state index in [1.54, 1.807) is 28.9 Å². The van der Waals surface area contributed by atoms with Crippen LogP contribution in [0.5, 0.6) is 0 Å². The molecule has 0 bridgehead atoms. The Labute approximate surface area is 137 Å². The van der Waals surface area contributed by atoms with Gasteiger partial charge in [0.2, 0.25) is 0 Å². The van der Waals surface area contributed by atoms with E-state index in [0.29, 0.717) is 5.03 Å². The molecule has 0 aliphatic heterocycles. The van der Waals surface area contributed by atoms with Crippen molar-refractivity contribution in [2.45, 2.75) is 20.8 Å². The van der Waals surface area contributed by atoms with E-state index in [9.17, 15) is 0 Å². The lowest BCUT2D eigenvalue weighted by Crippen LogP contribution is -1.87. The van der Waals surface area contributed by atoms with Crippen LogP contribution < -0.4 is 5.32 Å². The highest BCUT2D eigenvalue weighted by atomic mass is 35.5. The van der Waals surface area contributed by atoms with E-state index < -0.39 is 0 Å². The molecule has 3 nitrogen and oxygen atoms in total. The van der Waals surface area contributed by atoms with Crippen molar-refractivity contribution < 1.29 is 0 Å². The summed E-state index contributed by atoms with van der Waals surface area (Å²) in [6, 6.07) is 0. The van der Waals surface area contributed by atoms with Gasteiger partial charge in [0.15, 0.2) is 5.13 Å². The Hall–Kier alpha value is -1.43. The summed E-state index contributed by atoms with van der Waals surface area (Å²) >= 11 is 9.28. The fraction of sp³-hybridized carbons (Fsp3) is 0.200. The normalized spacial score (nSPS) is 12.7. The average molecular weight is 338 g/mol. The number of aryl methyl sites for hydroxylation is 2. The third-order valence-corrected chi connectivity index (χ3v) is 4.64. The van der Waals surface area contributed by atoms with E-state index in [1.807, 2.05) is 50.5 Å². The zero-order valence-electron chi connectivity index (χ0n) is 12.1. The van der Waals surface area contributed by atoms with Crippen molar-refractivity contribution in [3.63, 3.8) is 0 Å². The predicted octanol–water partition coefficient (Wildman–Crippen LogP) is 5.51. The minimum atomic E-state index is 0.620. The van der Waals surface area contributed by atoms with Crippen molar-refractivity contribution in [3.8, 4) is 10.6 Å². The number of nitrogens with zero attached hydrogens (tertiary/aromatic N) is 2. The summed E-state index contributed by atoms with van der Waals surface area (Å²) in [7, 11) is 0. The zero-order chi connectivity index (χ0) is 15.2. The molecule has 2 aromatic rings. The lowest BCUT2D eigenvalue weighted by Gasteiger charge is -1.95. The number of halogens is 1. The van der Waals surface area contributed by atoms with Crippen LogP contribution in [0, 0.1) is 13.8 Å². The smallest absolute Gasteiger partial charge is 0.187 e. The molecule has 0 unspecified atom stereocenters. The number of thiazole rings is 2. The number of allylic oxidation sites excluding steroid dienone is 5. The molecule has 0 amide bonds. The van der Waals surface area contributed by atoms with Crippen LogP contribution in [0.25, 0.3) is 10.6 Å². The molecule has 2 heterocycles. The Kier molecular flexibility index (Phi) is 5.73. The summed E-state index contributed by atoms with van der Waals surface area (Å²) in [5, 5.41) is 7.63. The SMILES string of the molecule is C\C=C/C=C\C(Cl)=C\Nc1nc(-c2sc(C)nc2C)cs1. The molecule has 0 atom stereocenters. The first-order valence-electron chi connectivity index (χ1n) is 6.41. The summed E-state index contributed by atoms with van der Waals surface area (Å²) < 4.78 is 0. The van der Waals surface area contributed by atoms with Crippen LogP contribution in [0.15, 0.2) is 40.9 Å². The first-order valence-corrected chi connectivity index (χ1v) is 8.49. The summed E-state index contributed by atoms with van der Waals surface area (Å²) in [4.78, 5) is 10.1. The molecule has 2 rings (SSSR count). The first-order chi connectivity index (χ1) is 10.1. The first kappa shape index (κ1) is 15.9. The summed E-state index contributed by atoms with van der Waals surface area (Å²) in [5.74, 6) is 0. The van der Waals surface area contributed by atoms with Crippen molar-refractivity contribution in [2.75, 3.05) is 5.32 Å². The second kappa shape index (κ2) is 7.54. The fourth-order valence-corrected chi connectivity index (χ4v) is 3.40.